The fraction of sp³-hybridized carbons (Fsp3) is 0.364. The molecule has 4 heteroatoms. The van der Waals surface area contributed by atoms with Gasteiger partial charge in [-0.15, -0.1) is 0 Å². The number of hydrogen-bond donors (Lipinski definition) is 1. The second-order valence-corrected chi connectivity index (χ2v) is 3.44. The molecule has 15 heavy (non-hydrogen) atoms. The molecule has 0 aromatic heterocycles. The van der Waals surface area contributed by atoms with Crippen molar-refractivity contribution >= 4 is 5.91 Å². The Balaban J connectivity index is 2.34. The van der Waals surface area contributed by atoms with E-state index in [0.717, 1.165) is 0 Å². The number of β-amino-alcohol motifs (C(OH)–C–C–N with tert-alkyl or cyclic N) is 1. The first kappa shape index (κ1) is 9.98. The summed E-state index contributed by atoms with van der Waals surface area (Å²) >= 11 is 0. The van der Waals surface area contributed by atoms with E-state index < -0.39 is 0 Å². The number of amides is 1. The molecule has 1 N–H and O–H groups in total. The smallest absolute Gasteiger partial charge is 0.260 e. The molecule has 1 amide bonds. The first-order chi connectivity index (χ1) is 7.24. The summed E-state index contributed by atoms with van der Waals surface area (Å²) in [5, 5.41) is 8.85. The second-order valence-electron chi connectivity index (χ2n) is 3.44. The number of rotatable bonds is 2. The molecule has 1 heterocycles. The number of nitrogens with zero attached hydrogens (tertiary/aromatic N) is 1. The SMILES string of the molecule is CC1Oc2ccccc2C(=O)N1CCO. The molecular formula is C11H13NO3. The van der Waals surface area contributed by atoms with Crippen molar-refractivity contribution in [1.82, 2.24) is 4.90 Å². The molecule has 1 aliphatic heterocycles. The largest absolute Gasteiger partial charge is 0.470 e. The van der Waals surface area contributed by atoms with Gasteiger partial charge in [-0.2, -0.15) is 0 Å². The molecule has 1 aromatic rings. The van der Waals surface area contributed by atoms with Gasteiger partial charge in [0.15, 0.2) is 6.23 Å². The number of aliphatic hydroxyl groups excluding tert-OH is 1. The van der Waals surface area contributed by atoms with E-state index in [-0.39, 0.29) is 18.7 Å². The zero-order valence-corrected chi connectivity index (χ0v) is 8.51. The number of benzene rings is 1. The van der Waals surface area contributed by atoms with Crippen LogP contribution in [0.5, 0.6) is 5.75 Å². The lowest BCUT2D eigenvalue weighted by atomic mass is 10.1. The maximum atomic E-state index is 12.0. The number of ether oxygens (including phenoxy) is 1. The van der Waals surface area contributed by atoms with Gasteiger partial charge in [0, 0.05) is 6.54 Å². The van der Waals surface area contributed by atoms with Crippen LogP contribution in [0.1, 0.15) is 17.3 Å². The summed E-state index contributed by atoms with van der Waals surface area (Å²) in [4.78, 5) is 13.5. The lowest BCUT2D eigenvalue weighted by Gasteiger charge is -2.34. The van der Waals surface area contributed by atoms with Gasteiger partial charge in [-0.1, -0.05) is 12.1 Å². The van der Waals surface area contributed by atoms with Crippen molar-refractivity contribution in [3.8, 4) is 5.75 Å². The molecule has 4 nitrogen and oxygen atoms in total. The van der Waals surface area contributed by atoms with Crippen LogP contribution >= 0.6 is 0 Å². The van der Waals surface area contributed by atoms with Crippen molar-refractivity contribution in [2.75, 3.05) is 13.2 Å². The molecule has 80 valence electrons. The van der Waals surface area contributed by atoms with Crippen molar-refractivity contribution < 1.29 is 14.6 Å². The summed E-state index contributed by atoms with van der Waals surface area (Å²) in [5.41, 5.74) is 0.559. The van der Waals surface area contributed by atoms with Gasteiger partial charge in [0.1, 0.15) is 5.75 Å². The highest BCUT2D eigenvalue weighted by Crippen LogP contribution is 2.26. The summed E-state index contributed by atoms with van der Waals surface area (Å²) < 4.78 is 5.56. The fourth-order valence-electron chi connectivity index (χ4n) is 1.70. The Labute approximate surface area is 88.1 Å². The zero-order chi connectivity index (χ0) is 10.8. The minimum Gasteiger partial charge on any atom is -0.470 e. The van der Waals surface area contributed by atoms with E-state index in [1.807, 2.05) is 6.07 Å². The zero-order valence-electron chi connectivity index (χ0n) is 8.51. The molecule has 0 saturated heterocycles. The van der Waals surface area contributed by atoms with Crippen molar-refractivity contribution in [1.29, 1.82) is 0 Å². The van der Waals surface area contributed by atoms with Gasteiger partial charge < -0.3 is 14.7 Å². The van der Waals surface area contributed by atoms with Crippen LogP contribution in [-0.2, 0) is 0 Å². The summed E-state index contributed by atoms with van der Waals surface area (Å²) in [7, 11) is 0. The van der Waals surface area contributed by atoms with E-state index in [9.17, 15) is 4.79 Å². The molecular weight excluding hydrogens is 194 g/mol. The molecule has 1 unspecified atom stereocenters. The summed E-state index contributed by atoms with van der Waals surface area (Å²) in [6.07, 6.45) is -0.320. The van der Waals surface area contributed by atoms with E-state index in [2.05, 4.69) is 0 Å². The van der Waals surface area contributed by atoms with Crippen LogP contribution in [0.2, 0.25) is 0 Å². The van der Waals surface area contributed by atoms with E-state index in [0.29, 0.717) is 17.9 Å². The van der Waals surface area contributed by atoms with Crippen molar-refractivity contribution in [3.05, 3.63) is 29.8 Å². The number of carbonyl (C=O) groups is 1. The molecule has 1 aliphatic rings. The Kier molecular flexibility index (Phi) is 2.60. The number of carbonyl (C=O) groups excluding carboxylic acids is 1. The monoisotopic (exact) mass is 207 g/mol. The van der Waals surface area contributed by atoms with Crippen LogP contribution in [-0.4, -0.2) is 35.3 Å². The molecule has 0 saturated carbocycles. The van der Waals surface area contributed by atoms with Crippen LogP contribution in [0.4, 0.5) is 0 Å². The summed E-state index contributed by atoms with van der Waals surface area (Å²) in [6, 6.07) is 7.14. The van der Waals surface area contributed by atoms with Crippen molar-refractivity contribution in [2.24, 2.45) is 0 Å². The quantitative estimate of drug-likeness (QED) is 0.782. The van der Waals surface area contributed by atoms with Crippen LogP contribution in [0.3, 0.4) is 0 Å². The Morgan fingerprint density at radius 3 is 2.93 bits per heavy atom. The molecule has 0 bridgehead atoms. The van der Waals surface area contributed by atoms with Crippen molar-refractivity contribution in [2.45, 2.75) is 13.2 Å². The van der Waals surface area contributed by atoms with Gasteiger partial charge in [-0.25, -0.2) is 0 Å². The van der Waals surface area contributed by atoms with E-state index in [1.165, 1.54) is 4.90 Å². The number of fused-ring (bicyclic) bond motifs is 1. The Bertz CT molecular complexity index is 378. The fourth-order valence-corrected chi connectivity index (χ4v) is 1.70. The van der Waals surface area contributed by atoms with Gasteiger partial charge in [0.2, 0.25) is 0 Å². The van der Waals surface area contributed by atoms with E-state index in [1.54, 1.807) is 25.1 Å². The predicted molar refractivity (Wildman–Crippen MR) is 54.7 cm³/mol. The van der Waals surface area contributed by atoms with Crippen LogP contribution in [0.15, 0.2) is 24.3 Å². The average molecular weight is 207 g/mol. The first-order valence-corrected chi connectivity index (χ1v) is 4.91. The van der Waals surface area contributed by atoms with Crippen LogP contribution in [0.25, 0.3) is 0 Å². The molecule has 1 aromatic carbocycles. The number of para-hydroxylation sites is 1. The van der Waals surface area contributed by atoms with Gasteiger partial charge in [-0.05, 0) is 19.1 Å². The third-order valence-electron chi connectivity index (χ3n) is 2.46. The topological polar surface area (TPSA) is 49.8 Å². The Morgan fingerprint density at radius 1 is 1.47 bits per heavy atom. The average Bonchev–Trinajstić information content (AvgIpc) is 2.24. The van der Waals surface area contributed by atoms with Crippen molar-refractivity contribution in [3.63, 3.8) is 0 Å². The third-order valence-corrected chi connectivity index (χ3v) is 2.46. The highest BCUT2D eigenvalue weighted by molar-refractivity contribution is 5.97. The maximum Gasteiger partial charge on any atom is 0.260 e. The highest BCUT2D eigenvalue weighted by atomic mass is 16.5. The summed E-state index contributed by atoms with van der Waals surface area (Å²) in [6.45, 7) is 2.04. The van der Waals surface area contributed by atoms with Gasteiger partial charge in [0.25, 0.3) is 5.91 Å². The Hall–Kier alpha value is -1.55. The molecule has 1 atom stereocenters. The van der Waals surface area contributed by atoms with Gasteiger partial charge in [0.05, 0.1) is 12.2 Å². The molecule has 0 spiro atoms. The predicted octanol–water partition coefficient (Wildman–Crippen LogP) is 0.859. The minimum atomic E-state index is -0.320. The van der Waals surface area contributed by atoms with Gasteiger partial charge in [-0.3, -0.25) is 4.79 Å². The minimum absolute atomic E-state index is 0.0540. The second kappa shape index (κ2) is 3.90. The number of hydrogen-bond acceptors (Lipinski definition) is 3. The maximum absolute atomic E-state index is 12.0. The highest BCUT2D eigenvalue weighted by Gasteiger charge is 2.29. The van der Waals surface area contributed by atoms with E-state index in [4.69, 9.17) is 9.84 Å². The first-order valence-electron chi connectivity index (χ1n) is 4.91. The number of aliphatic hydroxyl groups is 1. The van der Waals surface area contributed by atoms with Gasteiger partial charge >= 0.3 is 0 Å². The lowest BCUT2D eigenvalue weighted by molar-refractivity contribution is 0.0120. The third kappa shape index (κ3) is 1.68. The van der Waals surface area contributed by atoms with E-state index >= 15 is 0 Å². The van der Waals surface area contributed by atoms with Crippen LogP contribution < -0.4 is 4.74 Å². The molecule has 0 fully saturated rings. The normalized spacial score (nSPS) is 19.7. The molecule has 2 rings (SSSR count). The molecule has 0 aliphatic carbocycles. The lowest BCUT2D eigenvalue weighted by Crippen LogP contribution is -2.46. The molecule has 0 radical (unpaired) electrons. The van der Waals surface area contributed by atoms with Crippen LogP contribution in [0, 0.1) is 0 Å². The standard InChI is InChI=1S/C11H13NO3/c1-8-12(6-7-13)11(14)9-4-2-3-5-10(9)15-8/h2-5,8,13H,6-7H2,1H3. The summed E-state index contributed by atoms with van der Waals surface area (Å²) in [5.74, 6) is 0.530. The Morgan fingerprint density at radius 2 is 2.20 bits per heavy atom.